The second-order valence-corrected chi connectivity index (χ2v) is 8.22. The molecule has 0 spiro atoms. The van der Waals surface area contributed by atoms with Crippen LogP contribution in [0.2, 0.25) is 5.02 Å². The Morgan fingerprint density at radius 3 is 2.72 bits per heavy atom. The lowest BCUT2D eigenvalue weighted by atomic mass is 10.1. The molecule has 0 aliphatic rings. The summed E-state index contributed by atoms with van der Waals surface area (Å²) < 4.78 is 21.3. The van der Waals surface area contributed by atoms with Gasteiger partial charge in [-0.3, -0.25) is 9.78 Å². The van der Waals surface area contributed by atoms with Crippen LogP contribution in [0, 0.1) is 5.82 Å². The second-order valence-electron chi connectivity index (χ2n) is 7.81. The van der Waals surface area contributed by atoms with E-state index in [0.717, 1.165) is 12.8 Å². The first-order valence-corrected chi connectivity index (χ1v) is 11.5. The average Bonchev–Trinajstić information content (AvgIpc) is 3.29. The summed E-state index contributed by atoms with van der Waals surface area (Å²) >= 11 is 6.27. The van der Waals surface area contributed by atoms with Crippen LogP contribution in [-0.4, -0.2) is 38.4 Å². The molecule has 2 aromatic carbocycles. The number of pyridine rings is 1. The van der Waals surface area contributed by atoms with Crippen LogP contribution in [0.3, 0.4) is 0 Å². The Labute approximate surface area is 211 Å². The third-order valence-electron chi connectivity index (χ3n) is 5.24. The van der Waals surface area contributed by atoms with Gasteiger partial charge in [-0.25, -0.2) is 13.9 Å². The van der Waals surface area contributed by atoms with Crippen molar-refractivity contribution in [3.8, 4) is 22.7 Å². The van der Waals surface area contributed by atoms with E-state index in [1.807, 2.05) is 0 Å². The van der Waals surface area contributed by atoms with Gasteiger partial charge in [0.2, 0.25) is 0 Å². The Morgan fingerprint density at radius 1 is 1.14 bits per heavy atom. The summed E-state index contributed by atoms with van der Waals surface area (Å²) in [6.07, 6.45) is 3.31. The number of unbranched alkanes of at least 4 members (excludes halogenated alkanes) is 1. The van der Waals surface area contributed by atoms with Crippen molar-refractivity contribution in [3.63, 3.8) is 0 Å². The van der Waals surface area contributed by atoms with Crippen LogP contribution in [0.25, 0.3) is 16.9 Å². The number of amides is 1. The Morgan fingerprint density at radius 2 is 1.97 bits per heavy atom. The predicted octanol–water partition coefficient (Wildman–Crippen LogP) is 5.86. The SMILES string of the molecule is CCCCOc1cccc(-n2nc(C(=O)O)cc2NC(=O)c2cc(-c3ncccc3F)ccc2Cl)c1. The molecule has 0 atom stereocenters. The van der Waals surface area contributed by atoms with Crippen molar-refractivity contribution >= 4 is 29.3 Å². The van der Waals surface area contributed by atoms with E-state index in [-0.39, 0.29) is 27.8 Å². The van der Waals surface area contributed by atoms with Gasteiger partial charge in [-0.2, -0.15) is 5.10 Å². The maximum Gasteiger partial charge on any atom is 0.356 e. The van der Waals surface area contributed by atoms with Gasteiger partial charge in [0, 0.05) is 23.9 Å². The lowest BCUT2D eigenvalue weighted by Crippen LogP contribution is -2.16. The maximum atomic E-state index is 14.2. The number of ether oxygens (including phenoxy) is 1. The molecule has 0 aliphatic carbocycles. The lowest BCUT2D eigenvalue weighted by molar-refractivity contribution is 0.0689. The fourth-order valence-electron chi connectivity index (χ4n) is 3.44. The van der Waals surface area contributed by atoms with Crippen LogP contribution in [0.15, 0.2) is 66.9 Å². The first-order valence-electron chi connectivity index (χ1n) is 11.2. The summed E-state index contributed by atoms with van der Waals surface area (Å²) in [4.78, 5) is 28.8. The molecular weight excluding hydrogens is 487 g/mol. The Balaban J connectivity index is 1.67. The zero-order valence-corrected chi connectivity index (χ0v) is 20.0. The number of carbonyl (C=O) groups excluding carboxylic acids is 1. The number of halogens is 2. The normalized spacial score (nSPS) is 10.8. The molecule has 0 saturated heterocycles. The molecule has 0 radical (unpaired) electrons. The minimum Gasteiger partial charge on any atom is -0.494 e. The van der Waals surface area contributed by atoms with Gasteiger partial charge in [-0.15, -0.1) is 0 Å². The van der Waals surface area contributed by atoms with Crippen LogP contribution in [0.1, 0.15) is 40.6 Å². The Bertz CT molecular complexity index is 1420. The third-order valence-corrected chi connectivity index (χ3v) is 5.57. The highest BCUT2D eigenvalue weighted by Gasteiger charge is 2.20. The fourth-order valence-corrected chi connectivity index (χ4v) is 3.64. The molecule has 0 unspecified atom stereocenters. The quantitative estimate of drug-likeness (QED) is 0.274. The standard InChI is InChI=1S/C26H22ClFN4O4/c1-2-3-12-36-18-7-4-6-17(14-18)32-23(15-22(31-32)26(34)35)30-25(33)19-13-16(9-10-20(19)27)24-21(28)8-5-11-29-24/h4-11,13-15H,2-3,12H2,1H3,(H,30,33)(H,34,35). The van der Waals surface area contributed by atoms with E-state index >= 15 is 0 Å². The summed E-state index contributed by atoms with van der Waals surface area (Å²) in [6.45, 7) is 2.59. The monoisotopic (exact) mass is 508 g/mol. The van der Waals surface area contributed by atoms with Crippen molar-refractivity contribution in [3.05, 3.63) is 89.0 Å². The molecule has 4 rings (SSSR count). The summed E-state index contributed by atoms with van der Waals surface area (Å²) in [5.74, 6) is -1.75. The first-order chi connectivity index (χ1) is 17.4. The number of hydrogen-bond donors (Lipinski definition) is 2. The van der Waals surface area contributed by atoms with Crippen molar-refractivity contribution < 1.29 is 23.8 Å². The number of benzene rings is 2. The van der Waals surface area contributed by atoms with Gasteiger partial charge in [0.1, 0.15) is 23.1 Å². The predicted molar refractivity (Wildman–Crippen MR) is 134 cm³/mol. The van der Waals surface area contributed by atoms with Crippen molar-refractivity contribution in [2.45, 2.75) is 19.8 Å². The van der Waals surface area contributed by atoms with Crippen molar-refractivity contribution in [1.29, 1.82) is 0 Å². The van der Waals surface area contributed by atoms with Crippen LogP contribution >= 0.6 is 11.6 Å². The lowest BCUT2D eigenvalue weighted by Gasteiger charge is -2.12. The largest absolute Gasteiger partial charge is 0.494 e. The molecule has 0 bridgehead atoms. The number of rotatable bonds is 9. The third kappa shape index (κ3) is 5.52. The zero-order valence-electron chi connectivity index (χ0n) is 19.2. The molecule has 10 heteroatoms. The number of hydrogen-bond acceptors (Lipinski definition) is 5. The van der Waals surface area contributed by atoms with Crippen molar-refractivity contribution in [2.75, 3.05) is 11.9 Å². The van der Waals surface area contributed by atoms with E-state index in [1.54, 1.807) is 30.3 Å². The minimum absolute atomic E-state index is 0.0560. The summed E-state index contributed by atoms with van der Waals surface area (Å²) in [5.41, 5.74) is 0.710. The zero-order chi connectivity index (χ0) is 25.7. The van der Waals surface area contributed by atoms with Crippen LogP contribution in [0.5, 0.6) is 5.75 Å². The summed E-state index contributed by atoms with van der Waals surface area (Å²) in [7, 11) is 0. The van der Waals surface area contributed by atoms with Gasteiger partial charge in [0.15, 0.2) is 5.69 Å². The van der Waals surface area contributed by atoms with Gasteiger partial charge in [-0.05, 0) is 42.8 Å². The highest BCUT2D eigenvalue weighted by Crippen LogP contribution is 2.27. The molecule has 36 heavy (non-hydrogen) atoms. The van der Waals surface area contributed by atoms with E-state index in [0.29, 0.717) is 23.6 Å². The highest BCUT2D eigenvalue weighted by atomic mass is 35.5. The number of carboxylic acids is 1. The number of carbonyl (C=O) groups is 2. The molecule has 2 aromatic heterocycles. The van der Waals surface area contributed by atoms with Gasteiger partial charge in [-0.1, -0.05) is 37.1 Å². The minimum atomic E-state index is -1.26. The van der Waals surface area contributed by atoms with E-state index in [9.17, 15) is 19.1 Å². The number of aromatic nitrogens is 3. The number of anilines is 1. The highest BCUT2D eigenvalue weighted by molar-refractivity contribution is 6.34. The molecule has 0 aliphatic heterocycles. The number of carboxylic acid groups (broad SMARTS) is 1. The van der Waals surface area contributed by atoms with Crippen molar-refractivity contribution in [1.82, 2.24) is 14.8 Å². The van der Waals surface area contributed by atoms with Gasteiger partial charge < -0.3 is 15.2 Å². The molecule has 0 saturated carbocycles. The number of nitrogens with zero attached hydrogens (tertiary/aromatic N) is 3. The van der Waals surface area contributed by atoms with Gasteiger partial charge in [0.05, 0.1) is 22.9 Å². The van der Waals surface area contributed by atoms with Crippen LogP contribution in [0.4, 0.5) is 10.2 Å². The molecular formula is C26H22ClFN4O4. The molecule has 8 nitrogen and oxygen atoms in total. The topological polar surface area (TPSA) is 106 Å². The Kier molecular flexibility index (Phi) is 7.60. The second kappa shape index (κ2) is 11.0. The molecule has 184 valence electrons. The number of nitrogens with one attached hydrogen (secondary N) is 1. The number of aromatic carboxylic acids is 1. The maximum absolute atomic E-state index is 14.2. The molecule has 1 amide bonds. The molecule has 2 heterocycles. The van der Waals surface area contributed by atoms with Gasteiger partial charge >= 0.3 is 5.97 Å². The van der Waals surface area contributed by atoms with Crippen molar-refractivity contribution in [2.24, 2.45) is 0 Å². The van der Waals surface area contributed by atoms with E-state index in [2.05, 4.69) is 22.3 Å². The van der Waals surface area contributed by atoms with E-state index in [4.69, 9.17) is 16.3 Å². The van der Waals surface area contributed by atoms with E-state index < -0.39 is 17.7 Å². The smallest absolute Gasteiger partial charge is 0.356 e. The Hall–Kier alpha value is -4.24. The average molecular weight is 509 g/mol. The molecule has 4 aromatic rings. The van der Waals surface area contributed by atoms with Crippen LogP contribution < -0.4 is 10.1 Å². The molecule has 2 N–H and O–H groups in total. The fraction of sp³-hybridized carbons (Fsp3) is 0.154. The first kappa shape index (κ1) is 24.9. The van der Waals surface area contributed by atoms with Gasteiger partial charge in [0.25, 0.3) is 5.91 Å². The summed E-state index contributed by atoms with van der Waals surface area (Å²) in [5, 5.41) is 16.4. The summed E-state index contributed by atoms with van der Waals surface area (Å²) in [6, 6.07) is 15.3. The van der Waals surface area contributed by atoms with Crippen LogP contribution in [-0.2, 0) is 0 Å². The van der Waals surface area contributed by atoms with E-state index in [1.165, 1.54) is 41.2 Å². The molecule has 0 fully saturated rings.